The average Bonchev–Trinajstić information content (AvgIpc) is 3.44. The molecule has 4 N–H and O–H groups in total. The topological polar surface area (TPSA) is 219 Å². The van der Waals surface area contributed by atoms with E-state index in [2.05, 4.69) is 35.4 Å². The van der Waals surface area contributed by atoms with Gasteiger partial charge < -0.3 is 50.2 Å². The number of hydrogen-bond donors (Lipinski definition) is 3. The van der Waals surface area contributed by atoms with Gasteiger partial charge in [0.2, 0.25) is 11.9 Å². The molecule has 0 radical (unpaired) electrons. The summed E-state index contributed by atoms with van der Waals surface area (Å²) in [4.78, 5) is 72.4. The number of amides is 4. The molecule has 4 aliphatic rings. The number of carbonyl (C=O) groups excluding carboxylic acids is 3. The second-order valence-electron chi connectivity index (χ2n) is 15.6. The van der Waals surface area contributed by atoms with Crippen LogP contribution in [0.3, 0.4) is 0 Å². The Labute approximate surface area is 371 Å². The van der Waals surface area contributed by atoms with Gasteiger partial charge in [0.25, 0.3) is 5.91 Å². The van der Waals surface area contributed by atoms with Crippen molar-refractivity contribution in [3.8, 4) is 28.5 Å². The molecular formula is C45H53N13O6. The average molecular weight is 872 g/mol. The van der Waals surface area contributed by atoms with Crippen LogP contribution in [0.15, 0.2) is 60.9 Å². The maximum atomic E-state index is 13.3. The highest BCUT2D eigenvalue weighted by Crippen LogP contribution is 2.34. The van der Waals surface area contributed by atoms with Gasteiger partial charge in [-0.05, 0) is 61.7 Å². The van der Waals surface area contributed by atoms with E-state index in [0.29, 0.717) is 94.2 Å². The van der Waals surface area contributed by atoms with Gasteiger partial charge in [-0.1, -0.05) is 12.1 Å². The first kappa shape index (κ1) is 43.7. The highest BCUT2D eigenvalue weighted by Gasteiger charge is 2.35. The Hall–Kier alpha value is -6.99. The molecule has 19 nitrogen and oxygen atoms in total. The predicted octanol–water partition coefficient (Wildman–Crippen LogP) is 3.93. The quantitative estimate of drug-likeness (QED) is 0.191. The van der Waals surface area contributed by atoms with Crippen LogP contribution in [0, 0.1) is 0 Å². The smallest absolute Gasteiger partial charge is 0.319 e. The number of nitrogens with zero attached hydrogens (tertiary/aromatic N) is 10. The first-order chi connectivity index (χ1) is 31.2. The molecule has 4 amide bonds. The van der Waals surface area contributed by atoms with E-state index >= 15 is 0 Å². The number of benzene rings is 2. The third-order valence-electron chi connectivity index (χ3n) is 11.3. The lowest BCUT2D eigenvalue weighted by atomic mass is 10.0. The Balaban J connectivity index is 0.000000175. The number of anilines is 4. The molecule has 0 unspecified atom stereocenters. The Morgan fingerprint density at radius 2 is 1.44 bits per heavy atom. The molecule has 4 aliphatic heterocycles. The van der Waals surface area contributed by atoms with Crippen molar-refractivity contribution in [2.45, 2.75) is 46.3 Å². The lowest BCUT2D eigenvalue weighted by molar-refractivity contribution is -0.129. The van der Waals surface area contributed by atoms with Crippen LogP contribution >= 0.6 is 0 Å². The van der Waals surface area contributed by atoms with Crippen molar-refractivity contribution < 1.29 is 28.6 Å². The SMILES string of the molecule is CCNC(=O)Nc1ccc(-c2nc3c(c(N4CCCOCC4)n2)CCN(C(C)=O)C3)cc1.COc1ccc(CN2Cc3c(nc(-c4cnc(N)nc4)nc3N3CCOCC3)C2=O)cc1. The summed E-state index contributed by atoms with van der Waals surface area (Å²) in [6.07, 6.45) is 4.84. The molecule has 2 aromatic carbocycles. The molecular weight excluding hydrogens is 819 g/mol. The summed E-state index contributed by atoms with van der Waals surface area (Å²) in [5.41, 5.74) is 12.1. The third kappa shape index (κ3) is 10.1. The number of aromatic nitrogens is 6. The minimum Gasteiger partial charge on any atom is -0.497 e. The Morgan fingerprint density at radius 3 is 2.11 bits per heavy atom. The molecule has 3 aromatic heterocycles. The van der Waals surface area contributed by atoms with Crippen molar-refractivity contribution in [2.24, 2.45) is 0 Å². The van der Waals surface area contributed by atoms with Crippen molar-refractivity contribution in [1.82, 2.24) is 45.0 Å². The van der Waals surface area contributed by atoms with Gasteiger partial charge in [-0.3, -0.25) is 9.59 Å². The molecule has 19 heteroatoms. The fourth-order valence-electron chi connectivity index (χ4n) is 7.97. The van der Waals surface area contributed by atoms with Crippen LogP contribution in [0.25, 0.3) is 22.8 Å². The largest absolute Gasteiger partial charge is 0.497 e. The van der Waals surface area contributed by atoms with E-state index in [4.69, 9.17) is 34.9 Å². The minimum atomic E-state index is -0.236. The number of fused-ring (bicyclic) bond motifs is 2. The summed E-state index contributed by atoms with van der Waals surface area (Å²) in [7, 11) is 1.63. The molecule has 0 spiro atoms. The number of morpholine rings is 1. The molecule has 64 heavy (non-hydrogen) atoms. The number of methoxy groups -OCH3 is 1. The molecule has 2 saturated heterocycles. The fourth-order valence-corrected chi connectivity index (χ4v) is 7.97. The van der Waals surface area contributed by atoms with Crippen molar-refractivity contribution in [2.75, 3.05) is 93.7 Å². The van der Waals surface area contributed by atoms with Crippen LogP contribution < -0.4 is 30.9 Å². The third-order valence-corrected chi connectivity index (χ3v) is 11.3. The highest BCUT2D eigenvalue weighted by atomic mass is 16.5. The lowest BCUT2D eigenvalue weighted by Gasteiger charge is -2.31. The van der Waals surface area contributed by atoms with Gasteiger partial charge in [-0.15, -0.1) is 0 Å². The maximum absolute atomic E-state index is 13.3. The van der Waals surface area contributed by atoms with Crippen molar-refractivity contribution in [3.05, 3.63) is 89.0 Å². The first-order valence-corrected chi connectivity index (χ1v) is 21.5. The van der Waals surface area contributed by atoms with Crippen LogP contribution in [0.2, 0.25) is 0 Å². The van der Waals surface area contributed by atoms with E-state index in [1.165, 1.54) is 0 Å². The highest BCUT2D eigenvalue weighted by molar-refractivity contribution is 5.98. The van der Waals surface area contributed by atoms with E-state index in [1.807, 2.05) is 60.4 Å². The molecule has 0 aliphatic carbocycles. The Morgan fingerprint density at radius 1 is 0.781 bits per heavy atom. The van der Waals surface area contributed by atoms with E-state index in [0.717, 1.165) is 77.9 Å². The number of nitrogens with two attached hydrogens (primary N) is 1. The van der Waals surface area contributed by atoms with Crippen LogP contribution in [-0.2, 0) is 40.3 Å². The summed E-state index contributed by atoms with van der Waals surface area (Å²) < 4.78 is 16.4. The standard InChI is InChI=1S/C23H30N6O3.C22H23N7O3/c1-3-24-23(31)25-18-7-5-17(6-8-18)21-26-20-15-29(16(2)30)11-9-19(20)22(27-21)28-10-4-13-32-14-12-28;1-31-16-4-2-14(3-5-16)12-29-13-17-18(21(29)30)26-19(15-10-24-22(23)25-11-15)27-20(17)28-6-8-32-9-7-28/h5-8H,3-4,9-15H2,1-2H3,(H2,24,25,31);2-5,10-11H,6-9,12-13H2,1H3,(H2,23,24,25). The molecule has 2 fully saturated rings. The monoisotopic (exact) mass is 871 g/mol. The molecule has 9 rings (SSSR count). The molecule has 0 bridgehead atoms. The predicted molar refractivity (Wildman–Crippen MR) is 240 cm³/mol. The molecule has 5 aromatic rings. The van der Waals surface area contributed by atoms with Gasteiger partial charge in [0, 0.05) is 94.1 Å². The summed E-state index contributed by atoms with van der Waals surface area (Å²) in [5.74, 6) is 3.63. The first-order valence-electron chi connectivity index (χ1n) is 21.5. The molecule has 0 saturated carbocycles. The molecule has 334 valence electrons. The Kier molecular flexibility index (Phi) is 13.7. The number of ether oxygens (including phenoxy) is 3. The van der Waals surface area contributed by atoms with Crippen LogP contribution in [-0.4, -0.2) is 130 Å². The van der Waals surface area contributed by atoms with Gasteiger partial charge in [0.1, 0.15) is 23.1 Å². The number of urea groups is 1. The van der Waals surface area contributed by atoms with Gasteiger partial charge in [-0.25, -0.2) is 34.7 Å². The normalized spacial score (nSPS) is 16.0. The fraction of sp³-hybridized carbons (Fsp3) is 0.400. The number of nitrogens with one attached hydrogen (secondary N) is 2. The number of carbonyl (C=O) groups is 3. The zero-order chi connectivity index (χ0) is 44.6. The second kappa shape index (κ2) is 20.0. The minimum absolute atomic E-state index is 0.0568. The van der Waals surface area contributed by atoms with Crippen molar-refractivity contribution >= 4 is 41.1 Å². The van der Waals surface area contributed by atoms with Crippen LogP contribution in [0.4, 0.5) is 28.1 Å². The van der Waals surface area contributed by atoms with Gasteiger partial charge in [0.15, 0.2) is 11.6 Å². The van der Waals surface area contributed by atoms with Crippen LogP contribution in [0.1, 0.15) is 53.1 Å². The van der Waals surface area contributed by atoms with Crippen molar-refractivity contribution in [1.29, 1.82) is 0 Å². The van der Waals surface area contributed by atoms with E-state index in [1.54, 1.807) is 31.3 Å². The number of nitrogen functional groups attached to an aromatic ring is 1. The molecule has 7 heterocycles. The zero-order valence-electron chi connectivity index (χ0n) is 36.4. The summed E-state index contributed by atoms with van der Waals surface area (Å²) in [6, 6.07) is 15.0. The second-order valence-corrected chi connectivity index (χ2v) is 15.6. The van der Waals surface area contributed by atoms with Gasteiger partial charge in [-0.2, -0.15) is 0 Å². The number of hydrogen-bond acceptors (Lipinski definition) is 15. The van der Waals surface area contributed by atoms with E-state index in [-0.39, 0.29) is 23.8 Å². The molecule has 0 atom stereocenters. The van der Waals surface area contributed by atoms with Gasteiger partial charge >= 0.3 is 6.03 Å². The number of rotatable bonds is 9. The van der Waals surface area contributed by atoms with Crippen LogP contribution in [0.5, 0.6) is 5.75 Å². The Bertz CT molecular complexity index is 2440. The van der Waals surface area contributed by atoms with E-state index in [9.17, 15) is 14.4 Å². The maximum Gasteiger partial charge on any atom is 0.319 e. The summed E-state index contributed by atoms with van der Waals surface area (Å²) in [5, 5.41) is 5.52. The van der Waals surface area contributed by atoms with E-state index < -0.39 is 0 Å². The zero-order valence-corrected chi connectivity index (χ0v) is 36.4. The summed E-state index contributed by atoms with van der Waals surface area (Å²) in [6.45, 7) is 11.9. The lowest BCUT2D eigenvalue weighted by Crippen LogP contribution is -2.37. The summed E-state index contributed by atoms with van der Waals surface area (Å²) >= 11 is 0. The van der Waals surface area contributed by atoms with Crippen molar-refractivity contribution in [3.63, 3.8) is 0 Å². The van der Waals surface area contributed by atoms with Gasteiger partial charge in [0.05, 0.1) is 51.3 Å².